The summed E-state index contributed by atoms with van der Waals surface area (Å²) < 4.78 is 1.99. The Labute approximate surface area is 161 Å². The summed E-state index contributed by atoms with van der Waals surface area (Å²) in [5, 5.41) is 12.2. The maximum atomic E-state index is 12.5. The molecule has 1 amide bonds. The molecule has 3 aromatic rings. The van der Waals surface area contributed by atoms with E-state index >= 15 is 0 Å². The monoisotopic (exact) mass is 387 g/mol. The number of hydrogen-bond donors (Lipinski definition) is 1. The van der Waals surface area contributed by atoms with Gasteiger partial charge in [-0.15, -0.1) is 10.2 Å². The standard InChI is InChI=1S/C18H18ClN5OS/c1-3-24-16(13-8-10-20-11-9-13)22-23-18(24)26-12(2)17(25)21-15-7-5-4-6-14(15)19/h4-12H,3H2,1-2H3,(H,21,25)/t12-/m0/s1. The van der Waals surface area contributed by atoms with Crippen LogP contribution in [0.2, 0.25) is 5.02 Å². The minimum Gasteiger partial charge on any atom is -0.324 e. The molecule has 0 radical (unpaired) electrons. The average Bonchev–Trinajstić information content (AvgIpc) is 3.06. The zero-order chi connectivity index (χ0) is 18.5. The number of aromatic nitrogens is 4. The Kier molecular flexibility index (Phi) is 5.90. The van der Waals surface area contributed by atoms with E-state index in [1.165, 1.54) is 11.8 Å². The predicted octanol–water partition coefficient (Wildman–Crippen LogP) is 4.13. The molecule has 1 aromatic carbocycles. The van der Waals surface area contributed by atoms with E-state index < -0.39 is 0 Å². The first-order valence-corrected chi connectivity index (χ1v) is 9.41. The smallest absolute Gasteiger partial charge is 0.237 e. The maximum absolute atomic E-state index is 12.5. The van der Waals surface area contributed by atoms with Crippen molar-refractivity contribution in [2.75, 3.05) is 5.32 Å². The van der Waals surface area contributed by atoms with Gasteiger partial charge in [0.1, 0.15) is 0 Å². The molecular weight excluding hydrogens is 370 g/mol. The van der Waals surface area contributed by atoms with Crippen molar-refractivity contribution in [3.05, 3.63) is 53.8 Å². The van der Waals surface area contributed by atoms with Gasteiger partial charge in [-0.3, -0.25) is 9.78 Å². The van der Waals surface area contributed by atoms with E-state index in [0.717, 1.165) is 11.4 Å². The first kappa shape index (κ1) is 18.4. The third-order valence-electron chi connectivity index (χ3n) is 3.75. The molecular formula is C18H18ClN5OS. The number of nitrogens with one attached hydrogen (secondary N) is 1. The number of carbonyl (C=O) groups is 1. The van der Waals surface area contributed by atoms with Crippen LogP contribution in [0, 0.1) is 0 Å². The van der Waals surface area contributed by atoms with Gasteiger partial charge in [0, 0.05) is 24.5 Å². The lowest BCUT2D eigenvalue weighted by Crippen LogP contribution is -2.23. The highest BCUT2D eigenvalue weighted by molar-refractivity contribution is 8.00. The van der Waals surface area contributed by atoms with Crippen molar-refractivity contribution in [1.82, 2.24) is 19.7 Å². The van der Waals surface area contributed by atoms with Crippen LogP contribution in [0.4, 0.5) is 5.69 Å². The molecule has 0 spiro atoms. The van der Waals surface area contributed by atoms with Crippen molar-refractivity contribution < 1.29 is 4.79 Å². The fourth-order valence-corrected chi connectivity index (χ4v) is 3.48. The minimum absolute atomic E-state index is 0.140. The van der Waals surface area contributed by atoms with Gasteiger partial charge in [-0.2, -0.15) is 0 Å². The first-order valence-electron chi connectivity index (χ1n) is 8.15. The van der Waals surface area contributed by atoms with Crippen LogP contribution in [0.25, 0.3) is 11.4 Å². The van der Waals surface area contributed by atoms with Crippen LogP contribution in [-0.2, 0) is 11.3 Å². The molecule has 0 fully saturated rings. The number of hydrogen-bond acceptors (Lipinski definition) is 5. The molecule has 0 saturated carbocycles. The fraction of sp³-hybridized carbons (Fsp3) is 0.222. The zero-order valence-corrected chi connectivity index (χ0v) is 16.0. The molecule has 3 rings (SSSR count). The lowest BCUT2D eigenvalue weighted by Gasteiger charge is -2.13. The average molecular weight is 388 g/mol. The fourth-order valence-electron chi connectivity index (χ4n) is 2.38. The normalized spacial score (nSPS) is 12.0. The van der Waals surface area contributed by atoms with Gasteiger partial charge in [0.15, 0.2) is 11.0 Å². The SMILES string of the molecule is CCn1c(S[C@@H](C)C(=O)Nc2ccccc2Cl)nnc1-c1ccncc1. The number of para-hydroxylation sites is 1. The third-order valence-corrected chi connectivity index (χ3v) is 5.16. The highest BCUT2D eigenvalue weighted by atomic mass is 35.5. The quantitative estimate of drug-likeness (QED) is 0.643. The Morgan fingerprint density at radius 1 is 1.23 bits per heavy atom. The number of nitrogens with zero attached hydrogens (tertiary/aromatic N) is 4. The summed E-state index contributed by atoms with van der Waals surface area (Å²) in [7, 11) is 0. The molecule has 0 bridgehead atoms. The second-order valence-electron chi connectivity index (χ2n) is 5.52. The summed E-state index contributed by atoms with van der Waals surface area (Å²) in [4.78, 5) is 16.5. The Morgan fingerprint density at radius 2 is 1.96 bits per heavy atom. The largest absolute Gasteiger partial charge is 0.324 e. The Bertz CT molecular complexity index is 900. The van der Waals surface area contributed by atoms with Crippen LogP contribution in [0.1, 0.15) is 13.8 Å². The van der Waals surface area contributed by atoms with Gasteiger partial charge in [-0.25, -0.2) is 0 Å². The summed E-state index contributed by atoms with van der Waals surface area (Å²) in [5.74, 6) is 0.621. The number of thioether (sulfide) groups is 1. The van der Waals surface area contributed by atoms with E-state index in [9.17, 15) is 4.79 Å². The second kappa shape index (κ2) is 8.33. The molecule has 2 aromatic heterocycles. The van der Waals surface area contributed by atoms with Crippen LogP contribution in [0.5, 0.6) is 0 Å². The molecule has 0 aliphatic carbocycles. The summed E-state index contributed by atoms with van der Waals surface area (Å²) in [6.07, 6.45) is 3.44. The van der Waals surface area contributed by atoms with E-state index in [4.69, 9.17) is 11.6 Å². The number of pyridine rings is 1. The molecule has 1 N–H and O–H groups in total. The Morgan fingerprint density at radius 3 is 2.65 bits per heavy atom. The van der Waals surface area contributed by atoms with Crippen molar-refractivity contribution in [3.8, 4) is 11.4 Å². The van der Waals surface area contributed by atoms with Gasteiger partial charge < -0.3 is 9.88 Å². The molecule has 2 heterocycles. The van der Waals surface area contributed by atoms with E-state index in [1.807, 2.05) is 42.7 Å². The maximum Gasteiger partial charge on any atom is 0.237 e. The van der Waals surface area contributed by atoms with Gasteiger partial charge in [0.2, 0.25) is 5.91 Å². The number of carbonyl (C=O) groups excluding carboxylic acids is 1. The van der Waals surface area contributed by atoms with Crippen molar-refractivity contribution in [2.24, 2.45) is 0 Å². The van der Waals surface area contributed by atoms with Crippen LogP contribution < -0.4 is 5.32 Å². The summed E-state index contributed by atoms with van der Waals surface area (Å²) in [5.41, 5.74) is 1.54. The Balaban J connectivity index is 1.75. The highest BCUT2D eigenvalue weighted by Crippen LogP contribution is 2.28. The molecule has 1 atom stereocenters. The zero-order valence-electron chi connectivity index (χ0n) is 14.4. The van der Waals surface area contributed by atoms with E-state index in [-0.39, 0.29) is 11.2 Å². The highest BCUT2D eigenvalue weighted by Gasteiger charge is 2.20. The van der Waals surface area contributed by atoms with E-state index in [2.05, 4.69) is 20.5 Å². The topological polar surface area (TPSA) is 72.7 Å². The van der Waals surface area contributed by atoms with Crippen molar-refractivity contribution in [3.63, 3.8) is 0 Å². The van der Waals surface area contributed by atoms with Gasteiger partial charge in [0.25, 0.3) is 0 Å². The molecule has 6 nitrogen and oxygen atoms in total. The van der Waals surface area contributed by atoms with Gasteiger partial charge in [0.05, 0.1) is 16.0 Å². The van der Waals surface area contributed by atoms with Gasteiger partial charge >= 0.3 is 0 Å². The molecule has 134 valence electrons. The molecule has 26 heavy (non-hydrogen) atoms. The molecule has 0 saturated heterocycles. The summed E-state index contributed by atoms with van der Waals surface area (Å²) >= 11 is 7.46. The van der Waals surface area contributed by atoms with Gasteiger partial charge in [-0.1, -0.05) is 35.5 Å². The number of halogens is 1. The second-order valence-corrected chi connectivity index (χ2v) is 7.23. The van der Waals surface area contributed by atoms with E-state index in [1.54, 1.807) is 24.5 Å². The summed E-state index contributed by atoms with van der Waals surface area (Å²) in [6.45, 7) is 4.55. The number of anilines is 1. The van der Waals surface area contributed by atoms with E-state index in [0.29, 0.717) is 22.4 Å². The first-order chi connectivity index (χ1) is 12.6. The summed E-state index contributed by atoms with van der Waals surface area (Å²) in [6, 6.07) is 10.9. The lowest BCUT2D eigenvalue weighted by molar-refractivity contribution is -0.115. The Hall–Kier alpha value is -2.38. The molecule has 0 aliphatic rings. The predicted molar refractivity (Wildman–Crippen MR) is 104 cm³/mol. The number of amides is 1. The van der Waals surface area contributed by atoms with Crippen LogP contribution in [0.3, 0.4) is 0 Å². The number of benzene rings is 1. The van der Waals surface area contributed by atoms with Crippen molar-refractivity contribution >= 4 is 35.0 Å². The minimum atomic E-state index is -0.355. The van der Waals surface area contributed by atoms with Gasteiger partial charge in [-0.05, 0) is 38.1 Å². The molecule has 0 unspecified atom stereocenters. The van der Waals surface area contributed by atoms with Crippen molar-refractivity contribution in [1.29, 1.82) is 0 Å². The molecule has 8 heteroatoms. The molecule has 0 aliphatic heterocycles. The number of rotatable bonds is 6. The van der Waals surface area contributed by atoms with Crippen LogP contribution >= 0.6 is 23.4 Å². The van der Waals surface area contributed by atoms with Crippen molar-refractivity contribution in [2.45, 2.75) is 30.8 Å². The lowest BCUT2D eigenvalue weighted by atomic mass is 10.2. The third kappa shape index (κ3) is 4.05. The van der Waals surface area contributed by atoms with Crippen LogP contribution in [-0.4, -0.2) is 30.9 Å². The van der Waals surface area contributed by atoms with Crippen LogP contribution in [0.15, 0.2) is 53.9 Å².